The number of halogens is 2. The first-order chi connectivity index (χ1) is 14.9. The highest BCUT2D eigenvalue weighted by molar-refractivity contribution is 7.09. The van der Waals surface area contributed by atoms with E-state index in [4.69, 9.17) is 4.74 Å². The summed E-state index contributed by atoms with van der Waals surface area (Å²) in [4.78, 5) is 31.3. The molecule has 1 saturated heterocycles. The normalized spacial score (nSPS) is 18.4. The average Bonchev–Trinajstić information content (AvgIpc) is 3.32. The lowest BCUT2D eigenvalue weighted by Crippen LogP contribution is -2.43. The molecule has 1 fully saturated rings. The monoisotopic (exact) mass is 443 g/mol. The molecule has 3 amide bonds. The summed E-state index contributed by atoms with van der Waals surface area (Å²) in [5, 5.41) is 5.18. The van der Waals surface area contributed by atoms with Crippen LogP contribution in [0.5, 0.6) is 5.75 Å². The Morgan fingerprint density at radius 2 is 1.71 bits per heavy atom. The third-order valence-electron chi connectivity index (χ3n) is 5.14. The molecule has 1 aliphatic rings. The molecule has 2 aromatic carbocycles. The van der Waals surface area contributed by atoms with Gasteiger partial charge < -0.3 is 10.1 Å². The van der Waals surface area contributed by atoms with E-state index in [0.717, 1.165) is 4.90 Å². The number of nitrogens with zero attached hydrogens (tertiary/aromatic N) is 2. The standard InChI is InChI=1S/C22H19F2N3O3S/c1-2-22(14-3-5-15(23)6-4-14)20(28)27(21(29)26-22)11-17-13-31-19(25-17)12-30-18-9-7-16(24)8-10-18/h3-10,13H,2,11-12H2,1H3,(H,26,29). The van der Waals surface area contributed by atoms with E-state index < -0.39 is 23.3 Å². The van der Waals surface area contributed by atoms with Crippen molar-refractivity contribution >= 4 is 23.3 Å². The third-order valence-corrected chi connectivity index (χ3v) is 6.01. The summed E-state index contributed by atoms with van der Waals surface area (Å²) in [7, 11) is 0. The molecular formula is C22H19F2N3O3S. The van der Waals surface area contributed by atoms with Crippen LogP contribution in [-0.4, -0.2) is 21.8 Å². The minimum Gasteiger partial charge on any atom is -0.486 e. The predicted octanol–water partition coefficient (Wildman–Crippen LogP) is 4.36. The number of carbonyl (C=O) groups is 2. The Morgan fingerprint density at radius 3 is 2.35 bits per heavy atom. The zero-order chi connectivity index (χ0) is 22.0. The van der Waals surface area contributed by atoms with E-state index in [-0.39, 0.29) is 19.0 Å². The summed E-state index contributed by atoms with van der Waals surface area (Å²) in [6.07, 6.45) is 0.327. The molecule has 4 rings (SSSR count). The van der Waals surface area contributed by atoms with E-state index in [1.54, 1.807) is 12.3 Å². The molecule has 0 saturated carbocycles. The number of nitrogens with one attached hydrogen (secondary N) is 1. The van der Waals surface area contributed by atoms with Gasteiger partial charge in [-0.15, -0.1) is 11.3 Å². The minimum atomic E-state index is -1.23. The molecule has 1 aromatic heterocycles. The first-order valence-corrected chi connectivity index (χ1v) is 10.5. The number of aromatic nitrogens is 1. The second-order valence-electron chi connectivity index (χ2n) is 7.06. The first-order valence-electron chi connectivity index (χ1n) is 9.63. The highest BCUT2D eigenvalue weighted by atomic mass is 32.1. The Balaban J connectivity index is 1.45. The zero-order valence-electron chi connectivity index (χ0n) is 16.6. The Kier molecular flexibility index (Phi) is 5.69. The second-order valence-corrected chi connectivity index (χ2v) is 8.01. The molecular weight excluding hydrogens is 424 g/mol. The zero-order valence-corrected chi connectivity index (χ0v) is 17.4. The largest absolute Gasteiger partial charge is 0.486 e. The smallest absolute Gasteiger partial charge is 0.325 e. The minimum absolute atomic E-state index is 0.0145. The number of hydrogen-bond donors (Lipinski definition) is 1. The maximum absolute atomic E-state index is 13.3. The summed E-state index contributed by atoms with van der Waals surface area (Å²) in [6, 6.07) is 10.7. The van der Waals surface area contributed by atoms with Crippen LogP contribution in [0, 0.1) is 11.6 Å². The number of thiazole rings is 1. The maximum Gasteiger partial charge on any atom is 0.325 e. The molecule has 2 heterocycles. The molecule has 0 spiro atoms. The molecule has 0 radical (unpaired) electrons. The van der Waals surface area contributed by atoms with Crippen molar-refractivity contribution in [1.82, 2.24) is 15.2 Å². The van der Waals surface area contributed by atoms with Crippen LogP contribution in [0.25, 0.3) is 0 Å². The average molecular weight is 443 g/mol. The van der Waals surface area contributed by atoms with Crippen molar-refractivity contribution in [3.8, 4) is 5.75 Å². The van der Waals surface area contributed by atoms with Gasteiger partial charge in [-0.25, -0.2) is 18.6 Å². The van der Waals surface area contributed by atoms with E-state index in [1.165, 1.54) is 59.9 Å². The SMILES string of the molecule is CCC1(c2ccc(F)cc2)NC(=O)N(Cc2csc(COc3ccc(F)cc3)n2)C1=O. The molecule has 1 aliphatic heterocycles. The molecule has 6 nitrogen and oxygen atoms in total. The summed E-state index contributed by atoms with van der Waals surface area (Å²) in [6.45, 7) is 1.99. The molecule has 1 unspecified atom stereocenters. The van der Waals surface area contributed by atoms with Gasteiger partial charge in [0.15, 0.2) is 0 Å². The number of imide groups is 1. The van der Waals surface area contributed by atoms with Gasteiger partial charge in [0, 0.05) is 5.38 Å². The Bertz CT molecular complexity index is 1100. The fourth-order valence-corrected chi connectivity index (χ4v) is 4.17. The molecule has 3 aromatic rings. The lowest BCUT2D eigenvalue weighted by Gasteiger charge is -2.25. The fraction of sp³-hybridized carbons (Fsp3) is 0.227. The maximum atomic E-state index is 13.3. The number of amides is 3. The van der Waals surface area contributed by atoms with Gasteiger partial charge in [0.2, 0.25) is 0 Å². The van der Waals surface area contributed by atoms with Gasteiger partial charge >= 0.3 is 6.03 Å². The number of benzene rings is 2. The molecule has 0 bridgehead atoms. The van der Waals surface area contributed by atoms with Gasteiger partial charge in [-0.05, 0) is 48.4 Å². The first kappa shape index (κ1) is 20.9. The van der Waals surface area contributed by atoms with Gasteiger partial charge in [-0.3, -0.25) is 9.69 Å². The molecule has 160 valence electrons. The van der Waals surface area contributed by atoms with Gasteiger partial charge in [0.05, 0.1) is 12.2 Å². The molecule has 1 N–H and O–H groups in total. The van der Waals surface area contributed by atoms with E-state index in [2.05, 4.69) is 10.3 Å². The lowest BCUT2D eigenvalue weighted by molar-refractivity contribution is -0.132. The Hall–Kier alpha value is -3.33. The van der Waals surface area contributed by atoms with Gasteiger partial charge in [0.25, 0.3) is 5.91 Å². The highest BCUT2D eigenvalue weighted by Crippen LogP contribution is 2.33. The van der Waals surface area contributed by atoms with Crippen LogP contribution in [-0.2, 0) is 23.5 Å². The Morgan fingerprint density at radius 1 is 1.06 bits per heavy atom. The van der Waals surface area contributed by atoms with Gasteiger partial charge in [0.1, 0.15) is 34.5 Å². The van der Waals surface area contributed by atoms with Crippen LogP contribution < -0.4 is 10.1 Å². The van der Waals surface area contributed by atoms with Crippen LogP contribution in [0.4, 0.5) is 13.6 Å². The topological polar surface area (TPSA) is 71.5 Å². The van der Waals surface area contributed by atoms with E-state index >= 15 is 0 Å². The number of rotatable bonds is 7. The van der Waals surface area contributed by atoms with Crippen molar-refractivity contribution in [1.29, 1.82) is 0 Å². The van der Waals surface area contributed by atoms with Crippen molar-refractivity contribution in [2.24, 2.45) is 0 Å². The van der Waals surface area contributed by atoms with Crippen LogP contribution in [0.15, 0.2) is 53.9 Å². The Labute approximate surface area is 181 Å². The third kappa shape index (κ3) is 4.13. The van der Waals surface area contributed by atoms with Crippen LogP contribution in [0.2, 0.25) is 0 Å². The number of carbonyl (C=O) groups excluding carboxylic acids is 2. The van der Waals surface area contributed by atoms with Crippen molar-refractivity contribution in [2.75, 3.05) is 0 Å². The quantitative estimate of drug-likeness (QED) is 0.551. The lowest BCUT2D eigenvalue weighted by atomic mass is 9.87. The van der Waals surface area contributed by atoms with Crippen LogP contribution in [0.3, 0.4) is 0 Å². The van der Waals surface area contributed by atoms with Crippen LogP contribution in [0.1, 0.15) is 29.6 Å². The summed E-state index contributed by atoms with van der Waals surface area (Å²) in [5.41, 5.74) is -0.142. The highest BCUT2D eigenvalue weighted by Gasteiger charge is 2.51. The fourth-order valence-electron chi connectivity index (χ4n) is 3.47. The van der Waals surface area contributed by atoms with Crippen molar-refractivity contribution in [3.05, 3.63) is 81.8 Å². The van der Waals surface area contributed by atoms with Crippen molar-refractivity contribution < 1.29 is 23.1 Å². The summed E-state index contributed by atoms with van der Waals surface area (Å²) >= 11 is 1.34. The molecule has 9 heteroatoms. The van der Waals surface area contributed by atoms with Crippen molar-refractivity contribution in [2.45, 2.75) is 32.0 Å². The van der Waals surface area contributed by atoms with Gasteiger partial charge in [-0.2, -0.15) is 0 Å². The molecule has 31 heavy (non-hydrogen) atoms. The number of urea groups is 1. The van der Waals surface area contributed by atoms with Crippen LogP contribution >= 0.6 is 11.3 Å². The summed E-state index contributed by atoms with van der Waals surface area (Å²) < 4.78 is 31.9. The number of hydrogen-bond acceptors (Lipinski definition) is 5. The van der Waals surface area contributed by atoms with E-state index in [0.29, 0.717) is 28.4 Å². The summed E-state index contributed by atoms with van der Waals surface area (Å²) in [5.74, 6) is -0.647. The molecule has 0 aliphatic carbocycles. The van der Waals surface area contributed by atoms with E-state index in [1.807, 2.05) is 0 Å². The predicted molar refractivity (Wildman–Crippen MR) is 110 cm³/mol. The number of ether oxygens (including phenoxy) is 1. The van der Waals surface area contributed by atoms with E-state index in [9.17, 15) is 18.4 Å². The van der Waals surface area contributed by atoms with Crippen molar-refractivity contribution in [3.63, 3.8) is 0 Å². The second kappa shape index (κ2) is 8.43. The van der Waals surface area contributed by atoms with Gasteiger partial charge in [-0.1, -0.05) is 19.1 Å². The molecule has 1 atom stereocenters.